The van der Waals surface area contributed by atoms with E-state index in [0.717, 1.165) is 0 Å². The van der Waals surface area contributed by atoms with Crippen LogP contribution in [-0.4, -0.2) is 84.8 Å². The average Bonchev–Trinajstić information content (AvgIpc) is 2.56. The molecule has 1 rings (SSSR count). The third kappa shape index (κ3) is 8.09. The quantitative estimate of drug-likeness (QED) is 0.502. The molecule has 1 aliphatic rings. The highest BCUT2D eigenvalue weighted by molar-refractivity contribution is 4.93. The van der Waals surface area contributed by atoms with Crippen molar-refractivity contribution in [3.05, 3.63) is 0 Å². The molecule has 0 spiro atoms. The number of nitrogens with one attached hydrogen (secondary N) is 1. The van der Waals surface area contributed by atoms with Crippen molar-refractivity contribution in [2.75, 3.05) is 73.1 Å². The molecule has 1 heterocycles. The summed E-state index contributed by atoms with van der Waals surface area (Å²) < 4.78 is 65.3. The number of alkyl halides is 3. The minimum absolute atomic E-state index is 0.0668. The van der Waals surface area contributed by atoms with Crippen LogP contribution in [0.1, 0.15) is 12.8 Å². The summed E-state index contributed by atoms with van der Waals surface area (Å²) in [4.78, 5) is 0. The monoisotopic (exact) mass is 359 g/mol. The molecule has 144 valence electrons. The number of methoxy groups -OCH3 is 1. The minimum Gasteiger partial charge on any atom is -0.382 e. The van der Waals surface area contributed by atoms with Crippen molar-refractivity contribution in [2.45, 2.75) is 24.6 Å². The Kier molecular flexibility index (Phi) is 10.8. The summed E-state index contributed by atoms with van der Waals surface area (Å²) in [5.74, 6) is 0. The molecule has 9 heteroatoms. The third-order valence-corrected chi connectivity index (χ3v) is 3.71. The summed E-state index contributed by atoms with van der Waals surface area (Å²) in [6.07, 6.45) is -4.49. The zero-order valence-electron chi connectivity index (χ0n) is 14.2. The summed E-state index contributed by atoms with van der Waals surface area (Å²) in [6, 6.07) is 0. The average molecular weight is 359 g/mol. The normalized spacial score (nSPS) is 18.0. The Hall–Kier alpha value is -0.450. The van der Waals surface area contributed by atoms with Gasteiger partial charge < -0.3 is 29.0 Å². The molecular formula is C15H28F3NO5. The number of ether oxygens (including phenoxy) is 5. The topological polar surface area (TPSA) is 58.2 Å². The molecule has 24 heavy (non-hydrogen) atoms. The highest BCUT2D eigenvalue weighted by Gasteiger charge is 2.55. The Morgan fingerprint density at radius 1 is 0.792 bits per heavy atom. The molecule has 0 aromatic heterocycles. The highest BCUT2D eigenvalue weighted by Crippen LogP contribution is 2.40. The maximum Gasteiger partial charge on any atom is 0.417 e. The Morgan fingerprint density at radius 3 is 1.71 bits per heavy atom. The van der Waals surface area contributed by atoms with E-state index in [2.05, 4.69) is 5.32 Å². The van der Waals surface area contributed by atoms with Crippen molar-refractivity contribution in [3.63, 3.8) is 0 Å². The summed E-state index contributed by atoms with van der Waals surface area (Å²) in [7, 11) is 1.60. The molecule has 0 aromatic rings. The van der Waals surface area contributed by atoms with Gasteiger partial charge in [0.05, 0.1) is 52.9 Å². The molecule has 0 amide bonds. The molecule has 0 atom stereocenters. The van der Waals surface area contributed by atoms with Gasteiger partial charge in [-0.15, -0.1) is 0 Å². The highest BCUT2D eigenvalue weighted by atomic mass is 19.4. The molecule has 1 saturated heterocycles. The van der Waals surface area contributed by atoms with E-state index >= 15 is 0 Å². The van der Waals surface area contributed by atoms with Crippen LogP contribution in [0.15, 0.2) is 0 Å². The Labute approximate surface area is 140 Å². The largest absolute Gasteiger partial charge is 0.417 e. The molecule has 1 N–H and O–H groups in total. The van der Waals surface area contributed by atoms with Crippen LogP contribution in [0.3, 0.4) is 0 Å². The number of hydrogen-bond donors (Lipinski definition) is 1. The van der Waals surface area contributed by atoms with Crippen LogP contribution >= 0.6 is 0 Å². The lowest BCUT2D eigenvalue weighted by molar-refractivity contribution is -0.287. The van der Waals surface area contributed by atoms with Crippen LogP contribution in [0.2, 0.25) is 0 Å². The van der Waals surface area contributed by atoms with E-state index in [0.29, 0.717) is 52.7 Å². The molecule has 0 saturated carbocycles. The van der Waals surface area contributed by atoms with Gasteiger partial charge in [0.25, 0.3) is 0 Å². The third-order valence-electron chi connectivity index (χ3n) is 3.71. The van der Waals surface area contributed by atoms with Crippen LogP contribution in [0.5, 0.6) is 0 Å². The summed E-state index contributed by atoms with van der Waals surface area (Å²) >= 11 is 0. The van der Waals surface area contributed by atoms with Gasteiger partial charge in [0.1, 0.15) is 0 Å². The van der Waals surface area contributed by atoms with Crippen molar-refractivity contribution >= 4 is 0 Å². The second-order valence-electron chi connectivity index (χ2n) is 5.42. The molecule has 0 aromatic carbocycles. The van der Waals surface area contributed by atoms with E-state index in [9.17, 15) is 13.2 Å². The summed E-state index contributed by atoms with van der Waals surface area (Å²) in [6.45, 7) is 3.27. The standard InChI is InChI=1S/C15H28F3NO5/c1-20-6-7-21-8-9-22-10-11-23-12-13-24-14(15(16,17)18)2-4-19-5-3-14/h19H,2-13H2,1H3. The predicted molar refractivity (Wildman–Crippen MR) is 81.2 cm³/mol. The summed E-state index contributed by atoms with van der Waals surface area (Å²) in [5.41, 5.74) is -2.04. The van der Waals surface area contributed by atoms with E-state index in [1.54, 1.807) is 7.11 Å². The number of halogens is 3. The Bertz CT molecular complexity index is 312. The SMILES string of the molecule is COCCOCCOCCOCCOC1(C(F)(F)F)CCNCC1. The minimum atomic E-state index is -4.36. The zero-order chi connectivity index (χ0) is 17.7. The molecule has 0 radical (unpaired) electrons. The first kappa shape index (κ1) is 21.6. The first-order valence-corrected chi connectivity index (χ1v) is 8.15. The molecule has 0 unspecified atom stereocenters. The number of rotatable bonds is 13. The van der Waals surface area contributed by atoms with Crippen LogP contribution in [0.25, 0.3) is 0 Å². The summed E-state index contributed by atoms with van der Waals surface area (Å²) in [5, 5.41) is 2.91. The van der Waals surface area contributed by atoms with Gasteiger partial charge in [0, 0.05) is 7.11 Å². The number of piperidine rings is 1. The predicted octanol–water partition coefficient (Wildman–Crippen LogP) is 1.38. The van der Waals surface area contributed by atoms with Gasteiger partial charge >= 0.3 is 6.18 Å². The fourth-order valence-electron chi connectivity index (χ4n) is 2.32. The van der Waals surface area contributed by atoms with Crippen LogP contribution in [0.4, 0.5) is 13.2 Å². The van der Waals surface area contributed by atoms with Crippen LogP contribution < -0.4 is 5.32 Å². The Balaban J connectivity index is 2.00. The lowest BCUT2D eigenvalue weighted by Crippen LogP contribution is -2.54. The van der Waals surface area contributed by atoms with Gasteiger partial charge in [0.2, 0.25) is 0 Å². The zero-order valence-corrected chi connectivity index (χ0v) is 14.2. The second-order valence-corrected chi connectivity index (χ2v) is 5.42. The van der Waals surface area contributed by atoms with Crippen LogP contribution in [0, 0.1) is 0 Å². The van der Waals surface area contributed by atoms with E-state index in [-0.39, 0.29) is 26.1 Å². The maximum atomic E-state index is 13.2. The van der Waals surface area contributed by atoms with Gasteiger partial charge in [-0.25, -0.2) is 0 Å². The van der Waals surface area contributed by atoms with Crippen molar-refractivity contribution in [1.82, 2.24) is 5.32 Å². The fraction of sp³-hybridized carbons (Fsp3) is 1.00. The molecule has 1 fully saturated rings. The van der Waals surface area contributed by atoms with Crippen molar-refractivity contribution in [3.8, 4) is 0 Å². The Morgan fingerprint density at radius 2 is 1.25 bits per heavy atom. The van der Waals surface area contributed by atoms with Gasteiger partial charge in [-0.2, -0.15) is 13.2 Å². The van der Waals surface area contributed by atoms with Gasteiger partial charge in [-0.05, 0) is 25.9 Å². The molecule has 0 aliphatic carbocycles. The smallest absolute Gasteiger partial charge is 0.382 e. The fourth-order valence-corrected chi connectivity index (χ4v) is 2.32. The molecule has 6 nitrogen and oxygen atoms in total. The first-order valence-electron chi connectivity index (χ1n) is 8.15. The van der Waals surface area contributed by atoms with Gasteiger partial charge in [-0.1, -0.05) is 0 Å². The van der Waals surface area contributed by atoms with Gasteiger partial charge in [0.15, 0.2) is 5.60 Å². The lowest BCUT2D eigenvalue weighted by Gasteiger charge is -2.38. The maximum absolute atomic E-state index is 13.2. The van der Waals surface area contributed by atoms with E-state index in [1.807, 2.05) is 0 Å². The van der Waals surface area contributed by atoms with E-state index in [4.69, 9.17) is 23.7 Å². The molecule has 0 bridgehead atoms. The van der Waals surface area contributed by atoms with Crippen molar-refractivity contribution < 1.29 is 36.9 Å². The second kappa shape index (κ2) is 12.0. The van der Waals surface area contributed by atoms with Crippen LogP contribution in [-0.2, 0) is 23.7 Å². The van der Waals surface area contributed by atoms with Crippen molar-refractivity contribution in [1.29, 1.82) is 0 Å². The van der Waals surface area contributed by atoms with E-state index < -0.39 is 11.8 Å². The molecule has 1 aliphatic heterocycles. The van der Waals surface area contributed by atoms with Gasteiger partial charge in [-0.3, -0.25) is 0 Å². The number of hydrogen-bond acceptors (Lipinski definition) is 6. The van der Waals surface area contributed by atoms with Crippen molar-refractivity contribution in [2.24, 2.45) is 0 Å². The lowest BCUT2D eigenvalue weighted by atomic mass is 9.91. The first-order chi connectivity index (χ1) is 11.5. The van der Waals surface area contributed by atoms with E-state index in [1.165, 1.54) is 0 Å². The molecular weight excluding hydrogens is 331 g/mol.